The van der Waals surface area contributed by atoms with E-state index in [9.17, 15) is 22.4 Å². The van der Waals surface area contributed by atoms with E-state index in [-0.39, 0.29) is 12.5 Å². The van der Waals surface area contributed by atoms with E-state index in [0.29, 0.717) is 28.9 Å². The van der Waals surface area contributed by atoms with Crippen molar-refractivity contribution in [1.29, 1.82) is 0 Å². The quantitative estimate of drug-likeness (QED) is 0.487. The lowest BCUT2D eigenvalue weighted by molar-refractivity contribution is -0.139. The van der Waals surface area contributed by atoms with Gasteiger partial charge in [-0.05, 0) is 56.0 Å². The predicted molar refractivity (Wildman–Crippen MR) is 132 cm³/mol. The van der Waals surface area contributed by atoms with Crippen molar-refractivity contribution in [1.82, 2.24) is 10.2 Å². The maximum absolute atomic E-state index is 13.5. The molecule has 0 saturated heterocycles. The van der Waals surface area contributed by atoms with Crippen LogP contribution in [0.25, 0.3) is 0 Å². The molecule has 0 spiro atoms. The van der Waals surface area contributed by atoms with E-state index in [0.717, 1.165) is 23.4 Å². The topological polar surface area (TPSA) is 86.8 Å². The Morgan fingerprint density at radius 3 is 2.18 bits per heavy atom. The summed E-state index contributed by atoms with van der Waals surface area (Å²) >= 11 is 0. The zero-order valence-electron chi connectivity index (χ0n) is 20.5. The molecule has 1 atom stereocenters. The normalized spacial score (nSPS) is 12.2. The molecule has 0 aromatic heterocycles. The van der Waals surface area contributed by atoms with Gasteiger partial charge in [0.1, 0.15) is 18.4 Å². The van der Waals surface area contributed by atoms with Crippen LogP contribution in [0.3, 0.4) is 0 Å². The summed E-state index contributed by atoms with van der Waals surface area (Å²) in [5.41, 5.74) is 2.50. The summed E-state index contributed by atoms with van der Waals surface area (Å²) in [5, 5.41) is 2.82. The van der Waals surface area contributed by atoms with Crippen LogP contribution in [0, 0.1) is 19.7 Å². The molecule has 2 rings (SSSR count). The van der Waals surface area contributed by atoms with E-state index in [2.05, 4.69) is 5.32 Å². The third-order valence-corrected chi connectivity index (χ3v) is 6.74. The molecular weight excluding hydrogens is 457 g/mol. The molecule has 2 aromatic carbocycles. The third kappa shape index (κ3) is 7.28. The van der Waals surface area contributed by atoms with Crippen molar-refractivity contribution in [2.24, 2.45) is 0 Å². The number of halogens is 1. The van der Waals surface area contributed by atoms with Gasteiger partial charge < -0.3 is 10.2 Å². The van der Waals surface area contributed by atoms with E-state index in [1.54, 1.807) is 32.9 Å². The highest BCUT2D eigenvalue weighted by Gasteiger charge is 2.31. The number of nitrogens with one attached hydrogen (secondary N) is 1. The van der Waals surface area contributed by atoms with E-state index in [4.69, 9.17) is 0 Å². The van der Waals surface area contributed by atoms with Crippen molar-refractivity contribution in [3.63, 3.8) is 0 Å². The van der Waals surface area contributed by atoms with Gasteiger partial charge >= 0.3 is 0 Å². The second-order valence-corrected chi connectivity index (χ2v) is 10.4. The van der Waals surface area contributed by atoms with Crippen LogP contribution in [-0.4, -0.2) is 50.5 Å². The highest BCUT2D eigenvalue weighted by atomic mass is 32.2. The Kier molecular flexibility index (Phi) is 9.61. The molecular formula is C25H34FN3O4S. The van der Waals surface area contributed by atoms with Crippen molar-refractivity contribution >= 4 is 27.5 Å². The van der Waals surface area contributed by atoms with E-state index >= 15 is 0 Å². The summed E-state index contributed by atoms with van der Waals surface area (Å²) in [6.07, 6.45) is 2.77. The van der Waals surface area contributed by atoms with Crippen LogP contribution >= 0.6 is 0 Å². The summed E-state index contributed by atoms with van der Waals surface area (Å²) in [7, 11) is -3.80. The van der Waals surface area contributed by atoms with Gasteiger partial charge in [-0.25, -0.2) is 12.8 Å². The van der Waals surface area contributed by atoms with Crippen molar-refractivity contribution in [2.45, 2.75) is 53.1 Å². The van der Waals surface area contributed by atoms with Crippen LogP contribution in [-0.2, 0) is 26.2 Å². The van der Waals surface area contributed by atoms with Gasteiger partial charge in [0.05, 0.1) is 11.9 Å². The standard InChI is InChI=1S/C25H34FN3O4S/c1-6-7-15-27-25(31)20(4)28(16-21-11-13-22(26)14-12-21)23(30)17-29(34(5,32)33)24-18(2)9-8-10-19(24)3/h8-14,20H,6-7,15-17H2,1-5H3,(H,27,31)/t20-/m1/s1. The maximum Gasteiger partial charge on any atom is 0.244 e. The first-order valence-corrected chi connectivity index (χ1v) is 13.2. The molecule has 0 radical (unpaired) electrons. The molecule has 0 aliphatic heterocycles. The van der Waals surface area contributed by atoms with Crippen LogP contribution in [0.1, 0.15) is 43.4 Å². The smallest absolute Gasteiger partial charge is 0.244 e. The minimum absolute atomic E-state index is 0.0336. The summed E-state index contributed by atoms with van der Waals surface area (Å²) < 4.78 is 39.9. The fourth-order valence-electron chi connectivity index (χ4n) is 3.68. The van der Waals surface area contributed by atoms with Gasteiger partial charge in [0.2, 0.25) is 21.8 Å². The number of amides is 2. The Morgan fingerprint density at radius 2 is 1.65 bits per heavy atom. The van der Waals surface area contributed by atoms with Crippen LogP contribution in [0.15, 0.2) is 42.5 Å². The van der Waals surface area contributed by atoms with E-state index < -0.39 is 34.3 Å². The highest BCUT2D eigenvalue weighted by molar-refractivity contribution is 7.92. The zero-order valence-corrected chi connectivity index (χ0v) is 21.3. The van der Waals surface area contributed by atoms with Gasteiger partial charge in [-0.2, -0.15) is 0 Å². The Balaban J connectivity index is 2.39. The number of carbonyl (C=O) groups is 2. The summed E-state index contributed by atoms with van der Waals surface area (Å²) in [4.78, 5) is 27.6. The minimum atomic E-state index is -3.80. The molecule has 0 unspecified atom stereocenters. The molecule has 9 heteroatoms. The van der Waals surface area contributed by atoms with Crippen LogP contribution in [0.2, 0.25) is 0 Å². The molecule has 0 aliphatic rings. The summed E-state index contributed by atoms with van der Waals surface area (Å²) in [6.45, 7) is 7.23. The summed E-state index contributed by atoms with van der Waals surface area (Å²) in [6, 6.07) is 10.2. The lowest BCUT2D eigenvalue weighted by Gasteiger charge is -2.32. The molecule has 0 saturated carbocycles. The number of hydrogen-bond donors (Lipinski definition) is 1. The Hall–Kier alpha value is -2.94. The Labute approximate surface area is 202 Å². The molecule has 0 aliphatic carbocycles. The average molecular weight is 492 g/mol. The molecule has 186 valence electrons. The second-order valence-electron chi connectivity index (χ2n) is 8.48. The van der Waals surface area contributed by atoms with Gasteiger partial charge in [-0.3, -0.25) is 13.9 Å². The van der Waals surface area contributed by atoms with Gasteiger partial charge in [-0.15, -0.1) is 0 Å². The second kappa shape index (κ2) is 12.0. The van der Waals surface area contributed by atoms with Gasteiger partial charge in [-0.1, -0.05) is 43.7 Å². The van der Waals surface area contributed by atoms with Crippen LogP contribution in [0.4, 0.5) is 10.1 Å². The largest absolute Gasteiger partial charge is 0.354 e. The first-order chi connectivity index (χ1) is 16.0. The van der Waals surface area contributed by atoms with E-state index in [1.807, 2.05) is 13.0 Å². The highest BCUT2D eigenvalue weighted by Crippen LogP contribution is 2.27. The van der Waals surface area contributed by atoms with Crippen molar-refractivity contribution in [2.75, 3.05) is 23.7 Å². The molecule has 2 amide bonds. The van der Waals surface area contributed by atoms with Crippen LogP contribution < -0.4 is 9.62 Å². The monoisotopic (exact) mass is 491 g/mol. The van der Waals surface area contributed by atoms with Crippen molar-refractivity contribution in [3.05, 3.63) is 65.0 Å². The Morgan fingerprint density at radius 1 is 1.06 bits per heavy atom. The molecule has 34 heavy (non-hydrogen) atoms. The average Bonchev–Trinajstić information content (AvgIpc) is 2.76. The summed E-state index contributed by atoms with van der Waals surface area (Å²) in [5.74, 6) is -1.28. The fraction of sp³-hybridized carbons (Fsp3) is 0.440. The van der Waals surface area contributed by atoms with E-state index in [1.165, 1.54) is 29.2 Å². The first-order valence-electron chi connectivity index (χ1n) is 11.3. The molecule has 0 heterocycles. The number of hydrogen-bond acceptors (Lipinski definition) is 4. The number of sulfonamides is 1. The first kappa shape index (κ1) is 27.3. The number of unbranched alkanes of at least 4 members (excludes halogenated alkanes) is 1. The van der Waals surface area contributed by atoms with Gasteiger partial charge in [0.15, 0.2) is 0 Å². The lowest BCUT2D eigenvalue weighted by Crippen LogP contribution is -2.51. The number of anilines is 1. The number of benzene rings is 2. The number of carbonyl (C=O) groups excluding carboxylic acids is 2. The lowest BCUT2D eigenvalue weighted by atomic mass is 10.1. The fourth-order valence-corrected chi connectivity index (χ4v) is 4.64. The molecule has 2 aromatic rings. The zero-order chi connectivity index (χ0) is 25.5. The molecule has 7 nitrogen and oxygen atoms in total. The SMILES string of the molecule is CCCCNC(=O)[C@@H](C)N(Cc1ccc(F)cc1)C(=O)CN(c1c(C)cccc1C)S(C)(=O)=O. The number of rotatable bonds is 11. The van der Waals surface area contributed by atoms with Gasteiger partial charge in [0.25, 0.3) is 0 Å². The van der Waals surface area contributed by atoms with Crippen LogP contribution in [0.5, 0.6) is 0 Å². The molecule has 0 fully saturated rings. The number of para-hydroxylation sites is 1. The van der Waals surface area contributed by atoms with Gasteiger partial charge in [0, 0.05) is 13.1 Å². The van der Waals surface area contributed by atoms with Crippen molar-refractivity contribution < 1.29 is 22.4 Å². The Bertz CT molecular complexity index is 1080. The number of nitrogens with zero attached hydrogens (tertiary/aromatic N) is 2. The molecule has 0 bridgehead atoms. The molecule has 1 N–H and O–H groups in total. The van der Waals surface area contributed by atoms with Crippen molar-refractivity contribution in [3.8, 4) is 0 Å². The predicted octanol–water partition coefficient (Wildman–Crippen LogP) is 3.54. The third-order valence-electron chi connectivity index (χ3n) is 5.63. The maximum atomic E-state index is 13.5. The number of aryl methyl sites for hydroxylation is 2. The minimum Gasteiger partial charge on any atom is -0.354 e.